The van der Waals surface area contributed by atoms with Crippen LogP contribution in [0.4, 0.5) is 4.39 Å². The van der Waals surface area contributed by atoms with E-state index in [-0.39, 0.29) is 5.56 Å². The summed E-state index contributed by atoms with van der Waals surface area (Å²) >= 11 is 0. The van der Waals surface area contributed by atoms with Gasteiger partial charge in [-0.05, 0) is 13.0 Å². The van der Waals surface area contributed by atoms with Gasteiger partial charge in [-0.15, -0.1) is 0 Å². The molecule has 0 saturated heterocycles. The second-order valence-electron chi connectivity index (χ2n) is 3.62. The van der Waals surface area contributed by atoms with Gasteiger partial charge in [0.1, 0.15) is 11.4 Å². The summed E-state index contributed by atoms with van der Waals surface area (Å²) in [6.45, 7) is 0.899. The third kappa shape index (κ3) is 3.53. The Bertz CT molecular complexity index is 473. The third-order valence-electron chi connectivity index (χ3n) is 2.07. The first-order valence-corrected chi connectivity index (χ1v) is 6.02. The Morgan fingerprint density at radius 2 is 2.06 bits per heavy atom. The summed E-state index contributed by atoms with van der Waals surface area (Å²) < 4.78 is 36.6. The molecule has 1 atom stereocenters. The van der Waals surface area contributed by atoms with E-state index in [4.69, 9.17) is 5.14 Å². The highest BCUT2D eigenvalue weighted by Gasteiger charge is 2.27. The fraction of sp³-hybridized carbons (Fsp3) is 0.333. The average molecular weight is 248 g/mol. The highest BCUT2D eigenvalue weighted by Crippen LogP contribution is 2.22. The molecule has 0 aliphatic heterocycles. The molecule has 1 aromatic rings. The van der Waals surface area contributed by atoms with Gasteiger partial charge in [0.05, 0.1) is 0 Å². The number of halogens is 1. The van der Waals surface area contributed by atoms with Crippen molar-refractivity contribution in [2.45, 2.75) is 12.5 Å². The first kappa shape index (κ1) is 13.0. The molecule has 0 fully saturated rings. The molecule has 0 radical (unpaired) electrons. The van der Waals surface area contributed by atoms with Gasteiger partial charge in [0, 0.05) is 12.1 Å². The molecule has 0 heterocycles. The Labute approximate surface area is 93.3 Å². The fourth-order valence-corrected chi connectivity index (χ4v) is 1.72. The summed E-state index contributed by atoms with van der Waals surface area (Å²) in [6.07, 6.45) is 0. The zero-order valence-electron chi connectivity index (χ0n) is 8.64. The van der Waals surface area contributed by atoms with Crippen molar-refractivity contribution in [3.05, 3.63) is 35.6 Å². The van der Waals surface area contributed by atoms with Crippen molar-refractivity contribution in [3.8, 4) is 0 Å². The zero-order valence-corrected chi connectivity index (χ0v) is 9.46. The summed E-state index contributed by atoms with van der Waals surface area (Å²) in [5, 5.41) is 14.6. The van der Waals surface area contributed by atoms with Gasteiger partial charge in [0.25, 0.3) is 10.2 Å². The van der Waals surface area contributed by atoms with E-state index < -0.39 is 28.2 Å². The van der Waals surface area contributed by atoms with Crippen LogP contribution in [0.2, 0.25) is 0 Å². The molecular weight excluding hydrogens is 235 g/mol. The fourth-order valence-electron chi connectivity index (χ4n) is 1.23. The van der Waals surface area contributed by atoms with E-state index >= 15 is 0 Å². The summed E-state index contributed by atoms with van der Waals surface area (Å²) in [4.78, 5) is 0. The molecule has 0 amide bonds. The van der Waals surface area contributed by atoms with Crippen LogP contribution in [0.25, 0.3) is 0 Å². The van der Waals surface area contributed by atoms with Gasteiger partial charge in [0.15, 0.2) is 0 Å². The van der Waals surface area contributed by atoms with E-state index in [1.807, 2.05) is 4.72 Å². The smallest absolute Gasteiger partial charge is 0.274 e. The average Bonchev–Trinajstić information content (AvgIpc) is 2.14. The second kappa shape index (κ2) is 4.46. The molecule has 0 aliphatic carbocycles. The molecule has 90 valence electrons. The van der Waals surface area contributed by atoms with E-state index in [0.29, 0.717) is 0 Å². The molecule has 16 heavy (non-hydrogen) atoms. The number of hydrogen-bond donors (Lipinski definition) is 3. The van der Waals surface area contributed by atoms with Crippen LogP contribution < -0.4 is 9.86 Å². The first-order chi connectivity index (χ1) is 7.22. The van der Waals surface area contributed by atoms with E-state index in [9.17, 15) is 17.9 Å². The van der Waals surface area contributed by atoms with Crippen molar-refractivity contribution in [2.24, 2.45) is 5.14 Å². The van der Waals surface area contributed by atoms with Gasteiger partial charge in [-0.3, -0.25) is 0 Å². The van der Waals surface area contributed by atoms with Crippen LogP contribution in [0.3, 0.4) is 0 Å². The number of nitrogens with one attached hydrogen (secondary N) is 1. The molecule has 5 nitrogen and oxygen atoms in total. The maximum atomic E-state index is 13.3. The number of nitrogens with two attached hydrogens (primary N) is 1. The van der Waals surface area contributed by atoms with Gasteiger partial charge >= 0.3 is 0 Å². The third-order valence-corrected chi connectivity index (χ3v) is 2.62. The Balaban J connectivity index is 2.90. The first-order valence-electron chi connectivity index (χ1n) is 4.47. The van der Waals surface area contributed by atoms with Gasteiger partial charge in [-0.25, -0.2) is 9.53 Å². The summed E-state index contributed by atoms with van der Waals surface area (Å²) in [5.74, 6) is -0.608. The lowest BCUT2D eigenvalue weighted by atomic mass is 9.96. The molecule has 7 heteroatoms. The monoisotopic (exact) mass is 248 g/mol. The minimum atomic E-state index is -3.91. The summed E-state index contributed by atoms with van der Waals surface area (Å²) in [7, 11) is -3.91. The van der Waals surface area contributed by atoms with E-state index in [2.05, 4.69) is 0 Å². The number of aliphatic hydroxyl groups is 1. The van der Waals surface area contributed by atoms with E-state index in [0.717, 1.165) is 0 Å². The molecule has 4 N–H and O–H groups in total. The maximum Gasteiger partial charge on any atom is 0.274 e. The lowest BCUT2D eigenvalue weighted by molar-refractivity contribution is 0.0589. The van der Waals surface area contributed by atoms with Gasteiger partial charge in [-0.1, -0.05) is 18.2 Å². The van der Waals surface area contributed by atoms with E-state index in [1.165, 1.54) is 25.1 Å². The Kier molecular flexibility index (Phi) is 3.64. The molecule has 0 spiro atoms. The molecule has 1 rings (SSSR count). The predicted molar refractivity (Wildman–Crippen MR) is 57.1 cm³/mol. The van der Waals surface area contributed by atoms with Crippen LogP contribution in [-0.2, 0) is 15.8 Å². The van der Waals surface area contributed by atoms with Crippen molar-refractivity contribution >= 4 is 10.2 Å². The quantitative estimate of drug-likeness (QED) is 0.690. The minimum absolute atomic E-state index is 0.00569. The van der Waals surface area contributed by atoms with Crippen molar-refractivity contribution in [1.29, 1.82) is 0 Å². The Morgan fingerprint density at radius 1 is 1.50 bits per heavy atom. The molecule has 0 bridgehead atoms. The molecule has 0 saturated carbocycles. The minimum Gasteiger partial charge on any atom is -0.384 e. The predicted octanol–water partition coefficient (Wildman–Crippen LogP) is -0.174. The van der Waals surface area contributed by atoms with Gasteiger partial charge < -0.3 is 5.11 Å². The van der Waals surface area contributed by atoms with Crippen LogP contribution in [0.1, 0.15) is 12.5 Å². The summed E-state index contributed by atoms with van der Waals surface area (Å²) in [5.41, 5.74) is -1.65. The van der Waals surface area contributed by atoms with Gasteiger partial charge in [-0.2, -0.15) is 13.1 Å². The lowest BCUT2D eigenvalue weighted by Gasteiger charge is -2.24. The van der Waals surface area contributed by atoms with Crippen molar-refractivity contribution in [2.75, 3.05) is 6.54 Å². The van der Waals surface area contributed by atoms with E-state index in [1.54, 1.807) is 6.07 Å². The largest absolute Gasteiger partial charge is 0.384 e. The maximum absolute atomic E-state index is 13.3. The Hall–Kier alpha value is -1.02. The van der Waals surface area contributed by atoms with Crippen LogP contribution in [0.15, 0.2) is 24.3 Å². The molecule has 1 aromatic carbocycles. The van der Waals surface area contributed by atoms with Crippen LogP contribution >= 0.6 is 0 Å². The highest BCUT2D eigenvalue weighted by molar-refractivity contribution is 7.87. The van der Waals surface area contributed by atoms with Crippen molar-refractivity contribution < 1.29 is 17.9 Å². The number of hydrogen-bond acceptors (Lipinski definition) is 3. The Morgan fingerprint density at radius 3 is 2.56 bits per heavy atom. The highest BCUT2D eigenvalue weighted by atomic mass is 32.2. The molecule has 0 aliphatic rings. The SMILES string of the molecule is CC(O)(CNS(N)(=O)=O)c1ccccc1F. The van der Waals surface area contributed by atoms with Gasteiger partial charge in [0.2, 0.25) is 0 Å². The zero-order chi connectivity index (χ0) is 12.4. The van der Waals surface area contributed by atoms with Crippen LogP contribution in [0.5, 0.6) is 0 Å². The van der Waals surface area contributed by atoms with Crippen molar-refractivity contribution in [3.63, 3.8) is 0 Å². The molecular formula is C9H13FN2O3S. The molecule has 1 unspecified atom stereocenters. The number of benzene rings is 1. The van der Waals surface area contributed by atoms with Crippen LogP contribution in [-0.4, -0.2) is 20.1 Å². The van der Waals surface area contributed by atoms with Crippen molar-refractivity contribution in [1.82, 2.24) is 4.72 Å². The topological polar surface area (TPSA) is 92.4 Å². The number of rotatable bonds is 4. The lowest BCUT2D eigenvalue weighted by Crippen LogP contribution is -2.41. The summed E-state index contributed by atoms with van der Waals surface area (Å²) in [6, 6.07) is 5.58. The van der Waals surface area contributed by atoms with Crippen LogP contribution in [0, 0.1) is 5.82 Å². The standard InChI is InChI=1S/C9H13FN2O3S/c1-9(13,6-12-16(11,14)15)7-4-2-3-5-8(7)10/h2-5,12-13H,6H2,1H3,(H2,11,14,15). The molecule has 0 aromatic heterocycles. The normalized spacial score (nSPS) is 15.8. The second-order valence-corrected chi connectivity index (χ2v) is 5.00.